The van der Waals surface area contributed by atoms with E-state index in [1.165, 1.54) is 20.5 Å². The van der Waals surface area contributed by atoms with Gasteiger partial charge in [-0.15, -0.1) is 23.2 Å². The van der Waals surface area contributed by atoms with Crippen LogP contribution >= 0.6 is 46.4 Å². The Balaban J connectivity index is 1.74. The fraction of sp³-hybridized carbons (Fsp3) is 0.318. The van der Waals surface area contributed by atoms with Crippen molar-refractivity contribution in [3.8, 4) is 11.5 Å². The predicted octanol–water partition coefficient (Wildman–Crippen LogP) is 6.31. The van der Waals surface area contributed by atoms with E-state index in [0.717, 1.165) is 5.56 Å². The molecule has 0 bridgehead atoms. The molecule has 1 aliphatic rings. The molecule has 31 heavy (non-hydrogen) atoms. The van der Waals surface area contributed by atoms with E-state index < -0.39 is 10.3 Å². The Labute approximate surface area is 200 Å². The zero-order chi connectivity index (χ0) is 22.6. The largest absolute Gasteiger partial charge is 0.503 e. The van der Waals surface area contributed by atoms with Gasteiger partial charge in [0.2, 0.25) is 0 Å². The van der Waals surface area contributed by atoms with Crippen molar-refractivity contribution < 1.29 is 23.7 Å². The smallest absolute Gasteiger partial charge is 0.341 e. The first-order valence-corrected chi connectivity index (χ1v) is 10.8. The lowest BCUT2D eigenvalue weighted by Crippen LogP contribution is -2.08. The van der Waals surface area contributed by atoms with Crippen molar-refractivity contribution in [2.75, 3.05) is 20.8 Å². The van der Waals surface area contributed by atoms with Crippen LogP contribution in [0.25, 0.3) is 5.57 Å². The van der Waals surface area contributed by atoms with Gasteiger partial charge in [-0.1, -0.05) is 47.5 Å². The van der Waals surface area contributed by atoms with Crippen LogP contribution in [0.4, 0.5) is 0 Å². The molecule has 0 aliphatic heterocycles. The third kappa shape index (κ3) is 5.92. The van der Waals surface area contributed by atoms with Crippen molar-refractivity contribution >= 4 is 57.9 Å². The molecule has 5 nitrogen and oxygen atoms in total. The maximum Gasteiger partial charge on any atom is 0.341 e. The predicted molar refractivity (Wildman–Crippen MR) is 122 cm³/mol. The summed E-state index contributed by atoms with van der Waals surface area (Å²) in [6.45, 7) is 0.479. The molecule has 0 spiro atoms. The van der Waals surface area contributed by atoms with E-state index in [1.807, 2.05) is 12.1 Å². The van der Waals surface area contributed by atoms with E-state index >= 15 is 0 Å². The Morgan fingerprint density at radius 1 is 1.13 bits per heavy atom. The average Bonchev–Trinajstić information content (AvgIpc) is 3.36. The zero-order valence-corrected chi connectivity index (χ0v) is 19.8. The molecule has 1 unspecified atom stereocenters. The molecule has 166 valence electrons. The molecule has 0 amide bonds. The summed E-state index contributed by atoms with van der Waals surface area (Å²) >= 11 is 24.8. The second-order valence-electron chi connectivity index (χ2n) is 6.89. The molecule has 0 aromatic heterocycles. The first kappa shape index (κ1) is 23.9. The maximum absolute atomic E-state index is 12.1. The fourth-order valence-electron chi connectivity index (χ4n) is 2.91. The van der Waals surface area contributed by atoms with Crippen molar-refractivity contribution in [3.05, 3.63) is 63.8 Å². The summed E-state index contributed by atoms with van der Waals surface area (Å²) < 4.78 is 20.7. The van der Waals surface area contributed by atoms with Crippen LogP contribution < -0.4 is 9.47 Å². The van der Waals surface area contributed by atoms with Crippen LogP contribution in [0.3, 0.4) is 0 Å². The number of hydrogen-bond donors (Lipinski definition) is 0. The highest BCUT2D eigenvalue weighted by Gasteiger charge is 2.52. The normalized spacial score (nSPS) is 17.1. The minimum Gasteiger partial charge on any atom is -0.503 e. The van der Waals surface area contributed by atoms with Gasteiger partial charge in [0, 0.05) is 18.1 Å². The Bertz CT molecular complexity index is 967. The summed E-state index contributed by atoms with van der Waals surface area (Å²) in [6.07, 6.45) is 2.01. The van der Waals surface area contributed by atoms with Crippen molar-refractivity contribution in [2.45, 2.75) is 17.4 Å². The second kappa shape index (κ2) is 10.2. The topological polar surface area (TPSA) is 54.0 Å². The molecule has 3 rings (SSSR count). The zero-order valence-electron chi connectivity index (χ0n) is 16.8. The van der Waals surface area contributed by atoms with Gasteiger partial charge in [0.25, 0.3) is 0 Å². The van der Waals surface area contributed by atoms with Gasteiger partial charge in [-0.25, -0.2) is 4.79 Å². The molecule has 1 fully saturated rings. The lowest BCUT2D eigenvalue weighted by atomic mass is 10.0. The Hall–Kier alpha value is -1.79. The summed E-state index contributed by atoms with van der Waals surface area (Å²) in [7, 11) is 2.76. The van der Waals surface area contributed by atoms with Crippen molar-refractivity contribution in [1.82, 2.24) is 0 Å². The SMILES string of the molecule is COC=C(C(=O)OC)c1ccccc1COc1c(Cl)cc(OCC2CC2(Cl)Cl)cc1Cl. The van der Waals surface area contributed by atoms with Gasteiger partial charge in [-0.05, 0) is 17.5 Å². The van der Waals surface area contributed by atoms with E-state index in [0.29, 0.717) is 40.1 Å². The molecule has 2 aromatic carbocycles. The first-order chi connectivity index (χ1) is 14.8. The number of esters is 1. The molecule has 9 heteroatoms. The minimum atomic E-state index is -0.718. The number of benzene rings is 2. The van der Waals surface area contributed by atoms with Crippen LogP contribution in [-0.2, 0) is 20.9 Å². The van der Waals surface area contributed by atoms with Crippen LogP contribution in [-0.4, -0.2) is 31.1 Å². The standard InChI is InChI=1S/C22H20Cl4O5/c1-28-12-17(21(27)29-2)16-6-4-3-5-13(16)10-31-20-18(23)7-15(8-19(20)24)30-11-14-9-22(14,25)26/h3-8,12,14H,9-11H2,1-2H3. The van der Waals surface area contributed by atoms with E-state index in [2.05, 4.69) is 0 Å². The van der Waals surface area contributed by atoms with Crippen molar-refractivity contribution in [2.24, 2.45) is 5.92 Å². The van der Waals surface area contributed by atoms with Gasteiger partial charge in [0.05, 0.1) is 37.1 Å². The molecule has 0 radical (unpaired) electrons. The van der Waals surface area contributed by atoms with Crippen LogP contribution in [0.2, 0.25) is 10.0 Å². The molecule has 1 atom stereocenters. The van der Waals surface area contributed by atoms with Gasteiger partial charge >= 0.3 is 5.97 Å². The summed E-state index contributed by atoms with van der Waals surface area (Å²) in [6, 6.07) is 10.5. The van der Waals surface area contributed by atoms with E-state index in [1.54, 1.807) is 24.3 Å². The van der Waals surface area contributed by atoms with Gasteiger partial charge < -0.3 is 18.9 Å². The highest BCUT2D eigenvalue weighted by Crippen LogP contribution is 2.53. The van der Waals surface area contributed by atoms with E-state index in [9.17, 15) is 4.79 Å². The van der Waals surface area contributed by atoms with Gasteiger partial charge in [-0.2, -0.15) is 0 Å². The molecule has 1 aliphatic carbocycles. The van der Waals surface area contributed by atoms with Crippen molar-refractivity contribution in [3.63, 3.8) is 0 Å². The maximum atomic E-state index is 12.1. The Morgan fingerprint density at radius 2 is 1.77 bits per heavy atom. The van der Waals surface area contributed by atoms with E-state index in [4.69, 9.17) is 65.4 Å². The van der Waals surface area contributed by atoms with Crippen molar-refractivity contribution in [1.29, 1.82) is 0 Å². The van der Waals surface area contributed by atoms with Crippen LogP contribution in [0.1, 0.15) is 17.5 Å². The second-order valence-corrected chi connectivity index (χ2v) is 9.25. The number of rotatable bonds is 9. The molecule has 0 saturated heterocycles. The molecule has 2 aromatic rings. The third-order valence-corrected chi connectivity index (χ3v) is 6.19. The van der Waals surface area contributed by atoms with Gasteiger partial charge in [0.1, 0.15) is 22.3 Å². The summed E-state index contributed by atoms with van der Waals surface area (Å²) in [5.41, 5.74) is 1.59. The third-order valence-electron chi connectivity index (χ3n) is 4.70. The Kier molecular flexibility index (Phi) is 7.87. The van der Waals surface area contributed by atoms with Crippen LogP contribution in [0, 0.1) is 5.92 Å². The lowest BCUT2D eigenvalue weighted by Gasteiger charge is -2.15. The highest BCUT2D eigenvalue weighted by molar-refractivity contribution is 6.50. The quantitative estimate of drug-likeness (QED) is 0.173. The number of halogens is 4. The average molecular weight is 506 g/mol. The minimum absolute atomic E-state index is 0.0741. The number of alkyl halides is 2. The number of hydrogen-bond acceptors (Lipinski definition) is 5. The molecular formula is C22H20Cl4O5. The highest BCUT2D eigenvalue weighted by atomic mass is 35.5. The number of carbonyl (C=O) groups excluding carboxylic acids is 1. The molecule has 0 heterocycles. The number of methoxy groups -OCH3 is 2. The number of carbonyl (C=O) groups is 1. The fourth-order valence-corrected chi connectivity index (χ4v) is 3.99. The first-order valence-electron chi connectivity index (χ1n) is 9.28. The van der Waals surface area contributed by atoms with Crippen LogP contribution in [0.15, 0.2) is 42.7 Å². The van der Waals surface area contributed by atoms with Gasteiger partial charge in [-0.3, -0.25) is 0 Å². The summed E-state index contributed by atoms with van der Waals surface area (Å²) in [5.74, 6) is 0.344. The van der Waals surface area contributed by atoms with Gasteiger partial charge in [0.15, 0.2) is 5.75 Å². The van der Waals surface area contributed by atoms with E-state index in [-0.39, 0.29) is 18.1 Å². The van der Waals surface area contributed by atoms with Crippen LogP contribution in [0.5, 0.6) is 11.5 Å². The molecule has 0 N–H and O–H groups in total. The summed E-state index contributed by atoms with van der Waals surface area (Å²) in [5, 5.41) is 0.582. The monoisotopic (exact) mass is 504 g/mol. The molecular weight excluding hydrogens is 486 g/mol. The number of ether oxygens (including phenoxy) is 4. The summed E-state index contributed by atoms with van der Waals surface area (Å²) in [4.78, 5) is 12.1. The lowest BCUT2D eigenvalue weighted by molar-refractivity contribution is -0.133. The Morgan fingerprint density at radius 3 is 2.35 bits per heavy atom. The molecule has 1 saturated carbocycles.